The lowest BCUT2D eigenvalue weighted by Gasteiger charge is -2.30. The number of benzene rings is 2. The third-order valence-electron chi connectivity index (χ3n) is 6.61. The van der Waals surface area contributed by atoms with Gasteiger partial charge in [-0.15, -0.1) is 0 Å². The van der Waals surface area contributed by atoms with E-state index in [9.17, 15) is 13.6 Å². The van der Waals surface area contributed by atoms with Crippen molar-refractivity contribution in [2.75, 3.05) is 5.32 Å². The average Bonchev–Trinajstić information content (AvgIpc) is 3.33. The molecule has 8 N–H and O–H groups in total. The molecule has 5 rings (SSSR count). The Labute approximate surface area is 217 Å². The summed E-state index contributed by atoms with van der Waals surface area (Å²) in [6, 6.07) is 13.5. The molecule has 0 aliphatic heterocycles. The molecular weight excluding hydrogens is 490 g/mol. The summed E-state index contributed by atoms with van der Waals surface area (Å²) in [4.78, 5) is 24.6. The fraction of sp³-hybridized carbons (Fsp3) is 0.222. The van der Waals surface area contributed by atoms with Crippen LogP contribution in [0.15, 0.2) is 66.6 Å². The second kappa shape index (κ2) is 10.9. The standard InChI is InChI=1S/C27H28F2N8O/c28-16-9-19-20(13-32-25(19)21(29)10-16)26-36-23(15-5-2-1-3-6-15)12-24(37-26)34-17-7-4-8-18(11-17)35-27(38)22(30)14-33-31/h1-3,5-6,9-10,12-14,17-18,32-33H,4,7-8,11,30-31H2,(H,35,38)(H,34,36,37)/b22-14-. The summed E-state index contributed by atoms with van der Waals surface area (Å²) in [5.41, 5.74) is 10.2. The van der Waals surface area contributed by atoms with E-state index >= 15 is 0 Å². The maximum atomic E-state index is 14.4. The minimum atomic E-state index is -0.683. The SMILES string of the molecule is NN/C=C(\N)C(=O)NC1CCCC(Nc2cc(-c3ccccc3)nc(-c3c[nH]c4c(F)cc(F)cc34)n2)C1. The number of fused-ring (bicyclic) bond motifs is 1. The topological polar surface area (TPSA) is 147 Å². The number of nitrogens with one attached hydrogen (secondary N) is 4. The molecule has 196 valence electrons. The van der Waals surface area contributed by atoms with Crippen LogP contribution < -0.4 is 27.6 Å². The van der Waals surface area contributed by atoms with Gasteiger partial charge in [-0.3, -0.25) is 10.6 Å². The Balaban J connectivity index is 1.46. The first kappa shape index (κ1) is 25.2. The van der Waals surface area contributed by atoms with Gasteiger partial charge in [0.1, 0.15) is 23.1 Å². The first-order chi connectivity index (χ1) is 18.4. The number of nitrogens with zero attached hydrogens (tertiary/aromatic N) is 2. The van der Waals surface area contributed by atoms with Crippen molar-refractivity contribution in [1.82, 2.24) is 25.7 Å². The number of hydrogen-bond acceptors (Lipinski definition) is 7. The Morgan fingerprint density at radius 3 is 2.66 bits per heavy atom. The number of hydrazine groups is 1. The monoisotopic (exact) mass is 518 g/mol. The van der Waals surface area contributed by atoms with Crippen LogP contribution in [0.5, 0.6) is 0 Å². The van der Waals surface area contributed by atoms with Crippen LogP contribution in [0.3, 0.4) is 0 Å². The molecule has 11 heteroatoms. The van der Waals surface area contributed by atoms with E-state index < -0.39 is 11.6 Å². The molecule has 0 radical (unpaired) electrons. The summed E-state index contributed by atoms with van der Waals surface area (Å²) in [7, 11) is 0. The maximum Gasteiger partial charge on any atom is 0.268 e. The van der Waals surface area contributed by atoms with Gasteiger partial charge in [-0.2, -0.15) is 0 Å². The maximum absolute atomic E-state index is 14.4. The van der Waals surface area contributed by atoms with Gasteiger partial charge in [0.15, 0.2) is 5.82 Å². The van der Waals surface area contributed by atoms with Crippen LogP contribution in [-0.2, 0) is 4.79 Å². The molecule has 2 aromatic carbocycles. The summed E-state index contributed by atoms with van der Waals surface area (Å²) in [5.74, 6) is 4.36. The molecule has 2 heterocycles. The summed E-state index contributed by atoms with van der Waals surface area (Å²) < 4.78 is 28.4. The van der Waals surface area contributed by atoms with E-state index in [-0.39, 0.29) is 29.2 Å². The highest BCUT2D eigenvalue weighted by atomic mass is 19.1. The van der Waals surface area contributed by atoms with Gasteiger partial charge in [-0.25, -0.2) is 18.7 Å². The Bertz CT molecular complexity index is 1490. The van der Waals surface area contributed by atoms with Crippen LogP contribution in [0.1, 0.15) is 25.7 Å². The molecule has 2 aromatic heterocycles. The number of H-pyrrole nitrogens is 1. The second-order valence-electron chi connectivity index (χ2n) is 9.29. The van der Waals surface area contributed by atoms with E-state index in [0.717, 1.165) is 30.9 Å². The number of aromatic nitrogens is 3. The summed E-state index contributed by atoms with van der Waals surface area (Å²) in [6.45, 7) is 0. The zero-order chi connectivity index (χ0) is 26.6. The van der Waals surface area contributed by atoms with Gasteiger partial charge in [-0.05, 0) is 31.7 Å². The lowest BCUT2D eigenvalue weighted by Crippen LogP contribution is -2.43. The number of nitrogens with two attached hydrogens (primary N) is 2. The highest BCUT2D eigenvalue weighted by Gasteiger charge is 2.25. The second-order valence-corrected chi connectivity index (χ2v) is 9.29. The summed E-state index contributed by atoms with van der Waals surface area (Å²) in [6.07, 6.45) is 6.09. The van der Waals surface area contributed by atoms with E-state index in [1.807, 2.05) is 36.4 Å². The Kier molecular flexibility index (Phi) is 7.18. The highest BCUT2D eigenvalue weighted by molar-refractivity contribution is 5.94. The molecular formula is C27H28F2N8O. The molecule has 0 bridgehead atoms. The van der Waals surface area contributed by atoms with Crippen LogP contribution in [-0.4, -0.2) is 32.9 Å². The van der Waals surface area contributed by atoms with Gasteiger partial charge in [0, 0.05) is 53.1 Å². The fourth-order valence-electron chi connectivity index (χ4n) is 4.82. The third kappa shape index (κ3) is 5.42. The Morgan fingerprint density at radius 2 is 1.87 bits per heavy atom. The minimum Gasteiger partial charge on any atom is -0.393 e. The van der Waals surface area contributed by atoms with Crippen molar-refractivity contribution in [3.05, 3.63) is 78.3 Å². The van der Waals surface area contributed by atoms with Gasteiger partial charge < -0.3 is 26.8 Å². The first-order valence-corrected chi connectivity index (χ1v) is 12.3. The Morgan fingerprint density at radius 1 is 1.08 bits per heavy atom. The van der Waals surface area contributed by atoms with Gasteiger partial charge in [0.05, 0.1) is 11.2 Å². The molecule has 9 nitrogen and oxygen atoms in total. The smallest absolute Gasteiger partial charge is 0.268 e. The van der Waals surface area contributed by atoms with E-state index in [0.29, 0.717) is 34.7 Å². The largest absolute Gasteiger partial charge is 0.393 e. The minimum absolute atomic E-state index is 0.00197. The molecule has 1 amide bonds. The molecule has 1 saturated carbocycles. The van der Waals surface area contributed by atoms with E-state index in [1.54, 1.807) is 6.20 Å². The van der Waals surface area contributed by atoms with Crippen molar-refractivity contribution in [3.63, 3.8) is 0 Å². The quantitative estimate of drug-likeness (QED) is 0.124. The number of rotatable bonds is 7. The molecule has 2 atom stereocenters. The van der Waals surface area contributed by atoms with Gasteiger partial charge in [0.25, 0.3) is 5.91 Å². The Hall–Kier alpha value is -4.51. The van der Waals surface area contributed by atoms with Crippen LogP contribution in [0.4, 0.5) is 14.6 Å². The number of halogens is 2. The van der Waals surface area contributed by atoms with Crippen LogP contribution in [0.2, 0.25) is 0 Å². The number of anilines is 1. The summed E-state index contributed by atoms with van der Waals surface area (Å²) in [5, 5.41) is 6.79. The molecule has 0 saturated heterocycles. The van der Waals surface area contributed by atoms with Crippen LogP contribution in [0, 0.1) is 11.6 Å². The average molecular weight is 519 g/mol. The van der Waals surface area contributed by atoms with Gasteiger partial charge in [0.2, 0.25) is 0 Å². The van der Waals surface area contributed by atoms with Crippen molar-refractivity contribution in [2.24, 2.45) is 11.6 Å². The number of aromatic amines is 1. The van der Waals surface area contributed by atoms with Crippen molar-refractivity contribution < 1.29 is 13.6 Å². The van der Waals surface area contributed by atoms with Crippen molar-refractivity contribution >= 4 is 22.6 Å². The molecule has 38 heavy (non-hydrogen) atoms. The first-order valence-electron chi connectivity index (χ1n) is 12.3. The number of amides is 1. The molecule has 0 spiro atoms. The third-order valence-corrected chi connectivity index (χ3v) is 6.61. The van der Waals surface area contributed by atoms with Crippen LogP contribution >= 0.6 is 0 Å². The predicted octanol–water partition coefficient (Wildman–Crippen LogP) is 3.67. The van der Waals surface area contributed by atoms with Crippen molar-refractivity contribution in [2.45, 2.75) is 37.8 Å². The lowest BCUT2D eigenvalue weighted by molar-refractivity contribution is -0.118. The summed E-state index contributed by atoms with van der Waals surface area (Å²) >= 11 is 0. The number of carbonyl (C=O) groups excluding carboxylic acids is 1. The normalized spacial score (nSPS) is 17.8. The molecule has 4 aromatic rings. The highest BCUT2D eigenvalue weighted by Crippen LogP contribution is 2.32. The van der Waals surface area contributed by atoms with Gasteiger partial charge >= 0.3 is 0 Å². The van der Waals surface area contributed by atoms with E-state index in [1.165, 1.54) is 12.3 Å². The van der Waals surface area contributed by atoms with Crippen molar-refractivity contribution in [3.8, 4) is 22.6 Å². The number of hydrogen-bond donors (Lipinski definition) is 6. The molecule has 1 fully saturated rings. The lowest BCUT2D eigenvalue weighted by atomic mass is 9.91. The van der Waals surface area contributed by atoms with E-state index in [4.69, 9.17) is 21.5 Å². The number of carbonyl (C=O) groups is 1. The van der Waals surface area contributed by atoms with E-state index in [2.05, 4.69) is 21.0 Å². The van der Waals surface area contributed by atoms with Gasteiger partial charge in [-0.1, -0.05) is 30.3 Å². The fourth-order valence-corrected chi connectivity index (χ4v) is 4.82. The van der Waals surface area contributed by atoms with Crippen molar-refractivity contribution in [1.29, 1.82) is 0 Å². The molecule has 2 unspecified atom stereocenters. The zero-order valence-corrected chi connectivity index (χ0v) is 20.5. The zero-order valence-electron chi connectivity index (χ0n) is 20.5. The molecule has 1 aliphatic carbocycles. The molecule has 1 aliphatic rings. The predicted molar refractivity (Wildman–Crippen MR) is 142 cm³/mol. The van der Waals surface area contributed by atoms with Crippen LogP contribution in [0.25, 0.3) is 33.5 Å².